The zero-order chi connectivity index (χ0) is 20.8. The van der Waals surface area contributed by atoms with E-state index in [1.54, 1.807) is 24.9 Å². The Morgan fingerprint density at radius 2 is 1.83 bits per heavy atom. The lowest BCUT2D eigenvalue weighted by atomic mass is 9.87. The average molecular weight is 454 g/mol. The largest absolute Gasteiger partial charge is 0.386 e. The number of aliphatic hydroxyl groups is 1. The number of imidazole rings is 1. The van der Waals surface area contributed by atoms with Crippen molar-refractivity contribution >= 4 is 27.0 Å². The molecule has 150 valence electrons. The Morgan fingerprint density at radius 1 is 1.07 bits per heavy atom. The zero-order valence-corrected chi connectivity index (χ0v) is 18.5. The van der Waals surface area contributed by atoms with E-state index in [4.69, 9.17) is 4.98 Å². The van der Waals surface area contributed by atoms with Crippen LogP contribution in [0.2, 0.25) is 0 Å². The number of rotatable bonds is 5. The summed E-state index contributed by atoms with van der Waals surface area (Å²) in [5, 5.41) is 15.6. The van der Waals surface area contributed by atoms with Gasteiger partial charge in [0.2, 0.25) is 0 Å². The van der Waals surface area contributed by atoms with E-state index >= 15 is 0 Å². The maximum absolute atomic E-state index is 10.5. The SMILES string of the molecule is CC(C)(O)c1ccc(-n2cncn2)c(-c2nc3ccc(C(C)(C)CBr)cc3[nH]2)c1. The Balaban J connectivity index is 1.90. The van der Waals surface area contributed by atoms with Gasteiger partial charge in [0, 0.05) is 10.9 Å². The molecule has 0 atom stereocenters. The normalized spacial score (nSPS) is 12.6. The van der Waals surface area contributed by atoms with Crippen LogP contribution < -0.4 is 0 Å². The molecule has 2 heterocycles. The first-order valence-electron chi connectivity index (χ1n) is 9.47. The molecule has 2 N–H and O–H groups in total. The van der Waals surface area contributed by atoms with Crippen molar-refractivity contribution < 1.29 is 5.11 Å². The monoisotopic (exact) mass is 453 g/mol. The summed E-state index contributed by atoms with van der Waals surface area (Å²) in [7, 11) is 0. The molecule has 0 fully saturated rings. The van der Waals surface area contributed by atoms with Crippen molar-refractivity contribution in [1.29, 1.82) is 0 Å². The number of hydrogen-bond donors (Lipinski definition) is 2. The van der Waals surface area contributed by atoms with Crippen molar-refractivity contribution in [2.45, 2.75) is 38.7 Å². The third-order valence-electron chi connectivity index (χ3n) is 5.22. The van der Waals surface area contributed by atoms with Crippen LogP contribution in [0.3, 0.4) is 0 Å². The van der Waals surface area contributed by atoms with E-state index in [2.05, 4.69) is 57.0 Å². The molecule has 0 aliphatic rings. The van der Waals surface area contributed by atoms with Crippen LogP contribution >= 0.6 is 15.9 Å². The van der Waals surface area contributed by atoms with Gasteiger partial charge in [-0.05, 0) is 54.7 Å². The lowest BCUT2D eigenvalue weighted by Gasteiger charge is -2.22. The predicted molar refractivity (Wildman–Crippen MR) is 119 cm³/mol. The van der Waals surface area contributed by atoms with Crippen molar-refractivity contribution in [1.82, 2.24) is 24.7 Å². The molecule has 0 unspecified atom stereocenters. The van der Waals surface area contributed by atoms with Crippen molar-refractivity contribution in [2.75, 3.05) is 5.33 Å². The van der Waals surface area contributed by atoms with Gasteiger partial charge >= 0.3 is 0 Å². The van der Waals surface area contributed by atoms with Crippen LogP contribution in [0.4, 0.5) is 0 Å². The quantitative estimate of drug-likeness (QED) is 0.428. The number of nitrogens with zero attached hydrogens (tertiary/aromatic N) is 4. The summed E-state index contributed by atoms with van der Waals surface area (Å²) < 4.78 is 1.70. The molecule has 2 aromatic carbocycles. The van der Waals surface area contributed by atoms with E-state index < -0.39 is 5.60 Å². The first-order chi connectivity index (χ1) is 13.7. The Kier molecular flexibility index (Phi) is 4.83. The minimum Gasteiger partial charge on any atom is -0.386 e. The lowest BCUT2D eigenvalue weighted by Crippen LogP contribution is -2.18. The minimum absolute atomic E-state index is 0.0200. The highest BCUT2D eigenvalue weighted by atomic mass is 79.9. The second-order valence-corrected chi connectivity index (χ2v) is 9.03. The number of nitrogens with one attached hydrogen (secondary N) is 1. The van der Waals surface area contributed by atoms with E-state index in [0.717, 1.165) is 39.0 Å². The summed E-state index contributed by atoms with van der Waals surface area (Å²) in [4.78, 5) is 12.3. The molecule has 29 heavy (non-hydrogen) atoms. The highest BCUT2D eigenvalue weighted by Crippen LogP contribution is 2.33. The highest BCUT2D eigenvalue weighted by molar-refractivity contribution is 9.09. The standard InChI is InChI=1S/C22H24BrN5O/c1-21(2,11-23)14-5-7-17-18(10-14)27-20(26-17)16-9-15(22(3,4)29)6-8-19(16)28-13-24-12-25-28/h5-10,12-13,29H,11H2,1-4H3,(H,26,27). The molecule has 0 aliphatic carbocycles. The molecule has 2 aromatic heterocycles. The number of halogens is 1. The molecule has 6 nitrogen and oxygen atoms in total. The summed E-state index contributed by atoms with van der Waals surface area (Å²) >= 11 is 3.61. The Hall–Kier alpha value is -2.51. The molecular formula is C22H24BrN5O. The molecular weight excluding hydrogens is 430 g/mol. The summed E-state index contributed by atoms with van der Waals surface area (Å²) in [6, 6.07) is 12.1. The third-order valence-corrected chi connectivity index (χ3v) is 6.62. The maximum atomic E-state index is 10.5. The maximum Gasteiger partial charge on any atom is 0.140 e. The van der Waals surface area contributed by atoms with Gasteiger partial charge in [-0.25, -0.2) is 14.6 Å². The van der Waals surface area contributed by atoms with E-state index in [9.17, 15) is 5.11 Å². The van der Waals surface area contributed by atoms with E-state index in [1.807, 2.05) is 24.3 Å². The molecule has 7 heteroatoms. The van der Waals surface area contributed by atoms with Gasteiger partial charge in [-0.15, -0.1) is 0 Å². The zero-order valence-electron chi connectivity index (χ0n) is 16.9. The highest BCUT2D eigenvalue weighted by Gasteiger charge is 2.22. The molecule has 0 aliphatic heterocycles. The van der Waals surface area contributed by atoms with Crippen LogP contribution in [0.15, 0.2) is 49.1 Å². The second kappa shape index (κ2) is 7.07. The van der Waals surface area contributed by atoms with Crippen LogP contribution in [-0.4, -0.2) is 35.2 Å². The van der Waals surface area contributed by atoms with Gasteiger partial charge in [-0.2, -0.15) is 5.10 Å². The van der Waals surface area contributed by atoms with E-state index in [1.165, 1.54) is 11.9 Å². The van der Waals surface area contributed by atoms with Gasteiger partial charge < -0.3 is 10.1 Å². The minimum atomic E-state index is -0.964. The number of alkyl halides is 1. The predicted octanol–water partition coefficient (Wildman–Crippen LogP) is 4.71. The molecule has 4 rings (SSSR count). The lowest BCUT2D eigenvalue weighted by molar-refractivity contribution is 0.0786. The van der Waals surface area contributed by atoms with Gasteiger partial charge in [-0.3, -0.25) is 0 Å². The van der Waals surface area contributed by atoms with Gasteiger partial charge in [0.05, 0.1) is 22.3 Å². The first-order valence-corrected chi connectivity index (χ1v) is 10.6. The number of benzene rings is 2. The van der Waals surface area contributed by atoms with Crippen LogP contribution in [0.1, 0.15) is 38.8 Å². The van der Waals surface area contributed by atoms with Crippen molar-refractivity contribution in [2.24, 2.45) is 0 Å². The molecule has 0 bridgehead atoms. The second-order valence-electron chi connectivity index (χ2n) is 8.47. The number of fused-ring (bicyclic) bond motifs is 1. The van der Waals surface area contributed by atoms with Crippen LogP contribution in [0.25, 0.3) is 28.1 Å². The molecule has 0 amide bonds. The number of hydrogen-bond acceptors (Lipinski definition) is 4. The first kappa shape index (κ1) is 19.8. The Bertz CT molecular complexity index is 1160. The molecule has 0 saturated heterocycles. The van der Waals surface area contributed by atoms with Gasteiger partial charge in [0.15, 0.2) is 0 Å². The summed E-state index contributed by atoms with van der Waals surface area (Å²) in [5.41, 5.74) is 4.66. The van der Waals surface area contributed by atoms with Crippen molar-refractivity contribution in [3.63, 3.8) is 0 Å². The number of aromatic amines is 1. The molecule has 0 radical (unpaired) electrons. The number of aromatic nitrogens is 5. The van der Waals surface area contributed by atoms with Crippen molar-refractivity contribution in [3.8, 4) is 17.1 Å². The summed E-state index contributed by atoms with van der Waals surface area (Å²) in [5.74, 6) is 0.727. The van der Waals surface area contributed by atoms with Crippen LogP contribution in [-0.2, 0) is 11.0 Å². The molecule has 0 saturated carbocycles. The fourth-order valence-electron chi connectivity index (χ4n) is 3.27. The van der Waals surface area contributed by atoms with Crippen LogP contribution in [0, 0.1) is 0 Å². The van der Waals surface area contributed by atoms with Crippen molar-refractivity contribution in [3.05, 3.63) is 60.2 Å². The fourth-order valence-corrected chi connectivity index (χ4v) is 3.60. The van der Waals surface area contributed by atoms with Gasteiger partial charge in [-0.1, -0.05) is 41.9 Å². The van der Waals surface area contributed by atoms with Crippen LogP contribution in [0.5, 0.6) is 0 Å². The van der Waals surface area contributed by atoms with E-state index in [-0.39, 0.29) is 5.41 Å². The molecule has 0 spiro atoms. The molecule has 4 aromatic rings. The topological polar surface area (TPSA) is 79.6 Å². The van der Waals surface area contributed by atoms with E-state index in [0.29, 0.717) is 0 Å². The summed E-state index contributed by atoms with van der Waals surface area (Å²) in [6.07, 6.45) is 3.16. The van der Waals surface area contributed by atoms with Gasteiger partial charge in [0.25, 0.3) is 0 Å². The smallest absolute Gasteiger partial charge is 0.140 e. The Labute approximate surface area is 178 Å². The fraction of sp³-hybridized carbons (Fsp3) is 0.318. The number of H-pyrrole nitrogens is 1. The third kappa shape index (κ3) is 3.72. The Morgan fingerprint density at radius 3 is 2.48 bits per heavy atom. The average Bonchev–Trinajstić information content (AvgIpc) is 3.35. The summed E-state index contributed by atoms with van der Waals surface area (Å²) in [6.45, 7) is 7.95. The van der Waals surface area contributed by atoms with Gasteiger partial charge in [0.1, 0.15) is 18.5 Å².